The van der Waals surface area contributed by atoms with E-state index in [1.165, 1.54) is 17.1 Å². The number of nitrogens with zero attached hydrogens (tertiary/aromatic N) is 2. The Morgan fingerprint density at radius 3 is 2.63 bits per heavy atom. The van der Waals surface area contributed by atoms with Crippen LogP contribution in [0.5, 0.6) is 0 Å². The second-order valence-corrected chi connectivity index (χ2v) is 9.17. The van der Waals surface area contributed by atoms with Gasteiger partial charge >= 0.3 is 0 Å². The van der Waals surface area contributed by atoms with Crippen LogP contribution >= 0.6 is 12.2 Å². The first-order valence-corrected chi connectivity index (χ1v) is 11.6. The topological polar surface area (TPSA) is 64.7 Å². The highest BCUT2D eigenvalue weighted by Crippen LogP contribution is 2.23. The Labute approximate surface area is 169 Å². The van der Waals surface area contributed by atoms with E-state index in [1.54, 1.807) is 12.1 Å². The Morgan fingerprint density at radius 2 is 2.00 bits per heavy atom. The van der Waals surface area contributed by atoms with Crippen molar-refractivity contribution in [3.63, 3.8) is 0 Å². The highest BCUT2D eigenvalue weighted by molar-refractivity contribution is 7.89. The molecule has 27 heavy (non-hydrogen) atoms. The van der Waals surface area contributed by atoms with Crippen molar-refractivity contribution in [3.05, 3.63) is 23.8 Å². The van der Waals surface area contributed by atoms with Gasteiger partial charge in [0.1, 0.15) is 0 Å². The van der Waals surface area contributed by atoms with Crippen molar-refractivity contribution in [2.75, 3.05) is 38.0 Å². The molecule has 1 aliphatic heterocycles. The quantitative estimate of drug-likeness (QED) is 0.640. The Balaban J connectivity index is 2.06. The number of benzene rings is 1. The lowest BCUT2D eigenvalue weighted by molar-refractivity contribution is 0.267. The molecule has 0 saturated carbocycles. The fourth-order valence-corrected chi connectivity index (χ4v) is 5.21. The monoisotopic (exact) mass is 412 g/mol. The molecule has 2 N–H and O–H groups in total. The molecule has 0 spiro atoms. The van der Waals surface area contributed by atoms with Crippen molar-refractivity contribution in [3.8, 4) is 0 Å². The summed E-state index contributed by atoms with van der Waals surface area (Å²) in [6.07, 6.45) is 2.41. The minimum absolute atomic E-state index is 0.287. The molecule has 0 aliphatic carbocycles. The minimum Gasteiger partial charge on any atom is -0.361 e. The lowest BCUT2D eigenvalue weighted by atomic mass is 10.2. The molecule has 1 aliphatic rings. The molecular formula is C19H32N4O2S2. The number of anilines is 1. The summed E-state index contributed by atoms with van der Waals surface area (Å²) in [7, 11) is -3.49. The maximum Gasteiger partial charge on any atom is 0.243 e. The first kappa shape index (κ1) is 22.1. The van der Waals surface area contributed by atoms with E-state index in [2.05, 4.69) is 22.5 Å². The second kappa shape index (κ2) is 9.82. The largest absolute Gasteiger partial charge is 0.361 e. The predicted molar refractivity (Wildman–Crippen MR) is 116 cm³/mol. The number of nitrogens with one attached hydrogen (secondary N) is 2. The summed E-state index contributed by atoms with van der Waals surface area (Å²) in [4.78, 5) is 2.74. The molecule has 1 unspecified atom stereocenters. The number of hydrogen-bond donors (Lipinski definition) is 2. The zero-order chi connectivity index (χ0) is 20.0. The van der Waals surface area contributed by atoms with Gasteiger partial charge < -0.3 is 10.6 Å². The van der Waals surface area contributed by atoms with Gasteiger partial charge in [-0.05, 0) is 62.8 Å². The second-order valence-electron chi connectivity index (χ2n) is 6.83. The molecule has 1 aromatic rings. The van der Waals surface area contributed by atoms with E-state index in [0.717, 1.165) is 30.9 Å². The number of rotatable bonds is 8. The van der Waals surface area contributed by atoms with Gasteiger partial charge in [-0.1, -0.05) is 26.8 Å². The molecule has 152 valence electrons. The van der Waals surface area contributed by atoms with E-state index in [-0.39, 0.29) is 4.90 Å². The molecule has 1 fully saturated rings. The van der Waals surface area contributed by atoms with Crippen LogP contribution in [0.1, 0.15) is 39.2 Å². The Kier molecular flexibility index (Phi) is 8.03. The van der Waals surface area contributed by atoms with Crippen LogP contribution in [-0.4, -0.2) is 61.5 Å². The normalized spacial score (nSPS) is 18.0. The molecule has 0 aromatic heterocycles. The van der Waals surface area contributed by atoms with Gasteiger partial charge in [-0.25, -0.2) is 8.42 Å². The first-order valence-electron chi connectivity index (χ1n) is 9.73. The highest BCUT2D eigenvalue weighted by atomic mass is 32.2. The van der Waals surface area contributed by atoms with Crippen LogP contribution in [0.25, 0.3) is 0 Å². The number of likely N-dealkylation sites (tertiary alicyclic amines) is 1. The molecule has 1 heterocycles. The molecule has 0 bridgehead atoms. The molecule has 1 atom stereocenters. The van der Waals surface area contributed by atoms with Gasteiger partial charge in [-0.3, -0.25) is 4.90 Å². The predicted octanol–water partition coefficient (Wildman–Crippen LogP) is 2.80. The van der Waals surface area contributed by atoms with Crippen LogP contribution in [0.4, 0.5) is 5.69 Å². The van der Waals surface area contributed by atoms with Gasteiger partial charge in [0.15, 0.2) is 5.11 Å². The molecule has 8 heteroatoms. The lowest BCUT2D eigenvalue weighted by Crippen LogP contribution is -2.41. The molecule has 2 rings (SSSR count). The third-order valence-corrected chi connectivity index (χ3v) is 7.50. The van der Waals surface area contributed by atoms with Crippen molar-refractivity contribution in [2.45, 2.75) is 51.5 Å². The summed E-state index contributed by atoms with van der Waals surface area (Å²) in [5.41, 5.74) is 1.67. The molecule has 1 saturated heterocycles. The molecular weight excluding hydrogens is 380 g/mol. The summed E-state index contributed by atoms with van der Waals surface area (Å²) in [6, 6.07) is 5.65. The van der Waals surface area contributed by atoms with E-state index in [9.17, 15) is 8.42 Å². The van der Waals surface area contributed by atoms with Crippen molar-refractivity contribution in [1.29, 1.82) is 0 Å². The van der Waals surface area contributed by atoms with Gasteiger partial charge in [-0.15, -0.1) is 0 Å². The summed E-state index contributed by atoms with van der Waals surface area (Å²) in [5.74, 6) is 0. The molecule has 0 radical (unpaired) electrons. The summed E-state index contributed by atoms with van der Waals surface area (Å²) in [6.45, 7) is 11.7. The van der Waals surface area contributed by atoms with Crippen LogP contribution < -0.4 is 10.6 Å². The molecule has 0 amide bonds. The van der Waals surface area contributed by atoms with Crippen molar-refractivity contribution in [2.24, 2.45) is 0 Å². The van der Waals surface area contributed by atoms with E-state index >= 15 is 0 Å². The number of sulfonamides is 1. The maximum atomic E-state index is 12.8. The van der Waals surface area contributed by atoms with E-state index < -0.39 is 10.0 Å². The Morgan fingerprint density at radius 1 is 1.30 bits per heavy atom. The van der Waals surface area contributed by atoms with Gasteiger partial charge in [0, 0.05) is 31.4 Å². The zero-order valence-corrected chi connectivity index (χ0v) is 18.4. The maximum absolute atomic E-state index is 12.8. The SMILES string of the molecule is CCN1CCCC1CNC(=S)Nc1cc(S(=O)(=O)N(CC)CC)ccc1C. The van der Waals surface area contributed by atoms with Crippen molar-refractivity contribution < 1.29 is 8.42 Å². The Bertz CT molecular complexity index is 748. The Hall–Kier alpha value is -1.22. The van der Waals surface area contributed by atoms with Gasteiger partial charge in [-0.2, -0.15) is 4.31 Å². The first-order chi connectivity index (χ1) is 12.8. The number of hydrogen-bond acceptors (Lipinski definition) is 4. The van der Waals surface area contributed by atoms with Crippen molar-refractivity contribution in [1.82, 2.24) is 14.5 Å². The fourth-order valence-electron chi connectivity index (χ4n) is 3.53. The van der Waals surface area contributed by atoms with Gasteiger partial charge in [0.05, 0.1) is 4.90 Å². The van der Waals surface area contributed by atoms with Crippen LogP contribution in [0.15, 0.2) is 23.1 Å². The zero-order valence-electron chi connectivity index (χ0n) is 16.8. The standard InChI is InChI=1S/C19H32N4O2S2/c1-5-22-12-8-9-16(22)14-20-19(26)21-18-13-17(11-10-15(18)4)27(24,25)23(6-2)7-3/h10-11,13,16H,5-9,12,14H2,1-4H3,(H2,20,21,26). The summed E-state index contributed by atoms with van der Waals surface area (Å²) >= 11 is 5.44. The van der Waals surface area contributed by atoms with Gasteiger partial charge in [0.2, 0.25) is 10.0 Å². The molecule has 6 nitrogen and oxygen atoms in total. The van der Waals surface area contributed by atoms with E-state index in [1.807, 2.05) is 26.8 Å². The smallest absolute Gasteiger partial charge is 0.243 e. The summed E-state index contributed by atoms with van der Waals surface area (Å²) in [5, 5.41) is 6.99. The summed E-state index contributed by atoms with van der Waals surface area (Å²) < 4.78 is 27.0. The fraction of sp³-hybridized carbons (Fsp3) is 0.632. The number of thiocarbonyl (C=S) groups is 1. The number of aryl methyl sites for hydroxylation is 1. The van der Waals surface area contributed by atoms with Crippen LogP contribution in [0, 0.1) is 6.92 Å². The van der Waals surface area contributed by atoms with E-state index in [0.29, 0.717) is 24.2 Å². The van der Waals surface area contributed by atoms with Crippen LogP contribution in [0.3, 0.4) is 0 Å². The van der Waals surface area contributed by atoms with Crippen molar-refractivity contribution >= 4 is 33.0 Å². The van der Waals surface area contributed by atoms with Crippen LogP contribution in [-0.2, 0) is 10.0 Å². The molecule has 1 aromatic carbocycles. The average Bonchev–Trinajstić information content (AvgIpc) is 3.10. The average molecular weight is 413 g/mol. The van der Waals surface area contributed by atoms with Gasteiger partial charge in [0.25, 0.3) is 0 Å². The van der Waals surface area contributed by atoms with E-state index in [4.69, 9.17) is 12.2 Å². The lowest BCUT2D eigenvalue weighted by Gasteiger charge is -2.24. The van der Waals surface area contributed by atoms with Crippen LogP contribution in [0.2, 0.25) is 0 Å². The third-order valence-electron chi connectivity index (χ3n) is 5.20. The highest BCUT2D eigenvalue weighted by Gasteiger charge is 2.24. The minimum atomic E-state index is -3.49. The number of likely N-dealkylation sites (N-methyl/N-ethyl adjacent to an activating group) is 1. The third kappa shape index (κ3) is 5.40.